The van der Waals surface area contributed by atoms with Crippen molar-refractivity contribution in [2.24, 2.45) is 5.73 Å². The zero-order valence-corrected chi connectivity index (χ0v) is 11.5. The molecule has 1 heterocycles. The Kier molecular flexibility index (Phi) is 3.71. The highest BCUT2D eigenvalue weighted by molar-refractivity contribution is 7.90. The monoisotopic (exact) mass is 291 g/mol. The van der Waals surface area contributed by atoms with Gasteiger partial charge < -0.3 is 5.73 Å². The van der Waals surface area contributed by atoms with Gasteiger partial charge in [0.1, 0.15) is 0 Å². The molecule has 0 fully saturated rings. The molecule has 0 saturated heterocycles. The molecule has 0 atom stereocenters. The fraction of sp³-hybridized carbons (Fsp3) is 0.0769. The Hall–Kier alpha value is -2.41. The van der Waals surface area contributed by atoms with Gasteiger partial charge in [-0.05, 0) is 31.2 Å². The third-order valence-electron chi connectivity index (χ3n) is 2.60. The summed E-state index contributed by atoms with van der Waals surface area (Å²) in [6, 6.07) is 8.80. The first kappa shape index (κ1) is 14.0. The van der Waals surface area contributed by atoms with Crippen LogP contribution in [-0.2, 0) is 10.0 Å². The number of carbonyl (C=O) groups excluding carboxylic acids is 1. The molecule has 0 aliphatic carbocycles. The van der Waals surface area contributed by atoms with E-state index in [-0.39, 0.29) is 4.90 Å². The highest BCUT2D eigenvalue weighted by atomic mass is 32.2. The number of rotatable bonds is 3. The number of urea groups is 1. The Bertz CT molecular complexity index is 743. The van der Waals surface area contributed by atoms with Crippen LogP contribution in [0.5, 0.6) is 0 Å². The molecule has 20 heavy (non-hydrogen) atoms. The lowest BCUT2D eigenvalue weighted by Gasteiger charge is -2.11. The minimum atomic E-state index is -4.02. The first-order chi connectivity index (χ1) is 9.40. The molecule has 7 heteroatoms. The van der Waals surface area contributed by atoms with Gasteiger partial charge in [-0.3, -0.25) is 4.98 Å². The molecule has 0 radical (unpaired) electrons. The Morgan fingerprint density at radius 3 is 2.60 bits per heavy atom. The summed E-state index contributed by atoms with van der Waals surface area (Å²) in [4.78, 5) is 14.9. The molecule has 1 aromatic heterocycles. The predicted octanol–water partition coefficient (Wildman–Crippen LogP) is 1.41. The molecule has 1 aromatic carbocycles. The van der Waals surface area contributed by atoms with Gasteiger partial charge >= 0.3 is 6.03 Å². The number of sulfonamides is 1. The minimum absolute atomic E-state index is 0.0411. The number of hydrogen-bond acceptors (Lipinski definition) is 4. The lowest BCUT2D eigenvalue weighted by atomic mass is 10.1. The van der Waals surface area contributed by atoms with Gasteiger partial charge in [0.25, 0.3) is 10.0 Å². The number of nitrogens with two attached hydrogens (primary N) is 1. The molecule has 3 N–H and O–H groups in total. The van der Waals surface area contributed by atoms with Gasteiger partial charge in [0.15, 0.2) is 0 Å². The van der Waals surface area contributed by atoms with Crippen molar-refractivity contribution in [3.8, 4) is 11.3 Å². The van der Waals surface area contributed by atoms with E-state index < -0.39 is 16.1 Å². The molecule has 0 saturated carbocycles. The molecule has 0 aliphatic heterocycles. The summed E-state index contributed by atoms with van der Waals surface area (Å²) in [5.41, 5.74) is 6.69. The van der Waals surface area contributed by atoms with Gasteiger partial charge in [0, 0.05) is 11.8 Å². The number of pyridine rings is 1. The van der Waals surface area contributed by atoms with Crippen molar-refractivity contribution in [2.75, 3.05) is 0 Å². The maximum Gasteiger partial charge on any atom is 0.326 e. The van der Waals surface area contributed by atoms with E-state index in [1.165, 1.54) is 6.07 Å². The number of benzene rings is 1. The predicted molar refractivity (Wildman–Crippen MR) is 74.3 cm³/mol. The van der Waals surface area contributed by atoms with Gasteiger partial charge in [-0.15, -0.1) is 0 Å². The van der Waals surface area contributed by atoms with Gasteiger partial charge in [-0.1, -0.05) is 17.7 Å². The van der Waals surface area contributed by atoms with Crippen LogP contribution in [0.2, 0.25) is 0 Å². The van der Waals surface area contributed by atoms with Crippen molar-refractivity contribution in [1.82, 2.24) is 9.71 Å². The number of hydrogen-bond donors (Lipinski definition) is 2. The molecule has 6 nitrogen and oxygen atoms in total. The van der Waals surface area contributed by atoms with Crippen LogP contribution in [0.1, 0.15) is 5.56 Å². The van der Waals surface area contributed by atoms with Crippen molar-refractivity contribution >= 4 is 16.1 Å². The van der Waals surface area contributed by atoms with E-state index in [1.54, 1.807) is 41.3 Å². The highest BCUT2D eigenvalue weighted by Crippen LogP contribution is 2.26. The lowest BCUT2D eigenvalue weighted by molar-refractivity contribution is 0.253. The van der Waals surface area contributed by atoms with E-state index in [1.807, 2.05) is 6.92 Å². The molecule has 2 aromatic rings. The zero-order chi connectivity index (χ0) is 14.8. The fourth-order valence-electron chi connectivity index (χ4n) is 1.79. The van der Waals surface area contributed by atoms with E-state index >= 15 is 0 Å². The Morgan fingerprint density at radius 1 is 1.25 bits per heavy atom. The van der Waals surface area contributed by atoms with Crippen molar-refractivity contribution in [1.29, 1.82) is 0 Å². The molecule has 0 unspecified atom stereocenters. The second-order valence-electron chi connectivity index (χ2n) is 4.18. The number of aryl methyl sites for hydroxylation is 1. The fourth-order valence-corrected chi connectivity index (χ4v) is 2.86. The van der Waals surface area contributed by atoms with Gasteiger partial charge in [-0.25, -0.2) is 17.9 Å². The number of primary amides is 1. The second-order valence-corrected chi connectivity index (χ2v) is 5.84. The van der Waals surface area contributed by atoms with E-state index in [9.17, 15) is 13.2 Å². The second kappa shape index (κ2) is 5.30. The topological polar surface area (TPSA) is 102 Å². The summed E-state index contributed by atoms with van der Waals surface area (Å²) < 4.78 is 26.0. The Balaban J connectivity index is 2.64. The maximum atomic E-state index is 12.1. The van der Waals surface area contributed by atoms with Gasteiger partial charge in [0.2, 0.25) is 0 Å². The molecular formula is C13H13N3O3S. The molecule has 0 spiro atoms. The van der Waals surface area contributed by atoms with E-state index in [4.69, 9.17) is 5.73 Å². The number of carbonyl (C=O) groups is 1. The minimum Gasteiger partial charge on any atom is -0.351 e. The molecule has 0 bridgehead atoms. The smallest absolute Gasteiger partial charge is 0.326 e. The third-order valence-corrected chi connectivity index (χ3v) is 4.01. The number of aromatic nitrogens is 1. The SMILES string of the molecule is Cc1ccc(S(=O)(=O)NC(N)=O)c(-c2ccccn2)c1. The lowest BCUT2D eigenvalue weighted by Crippen LogP contribution is -2.35. The summed E-state index contributed by atoms with van der Waals surface area (Å²) in [7, 11) is -4.02. The zero-order valence-electron chi connectivity index (χ0n) is 10.7. The van der Waals surface area contributed by atoms with Crippen LogP contribution in [0.25, 0.3) is 11.3 Å². The summed E-state index contributed by atoms with van der Waals surface area (Å²) in [5, 5.41) is 0. The molecule has 104 valence electrons. The average molecular weight is 291 g/mol. The summed E-state index contributed by atoms with van der Waals surface area (Å²) in [6.45, 7) is 1.84. The maximum absolute atomic E-state index is 12.1. The Labute approximate surface area is 116 Å². The molecule has 2 rings (SSSR count). The number of nitrogens with zero attached hydrogens (tertiary/aromatic N) is 1. The first-order valence-electron chi connectivity index (χ1n) is 5.74. The number of nitrogens with one attached hydrogen (secondary N) is 1. The van der Waals surface area contributed by atoms with Crippen LogP contribution in [0.15, 0.2) is 47.5 Å². The largest absolute Gasteiger partial charge is 0.351 e. The van der Waals surface area contributed by atoms with Crippen LogP contribution < -0.4 is 10.5 Å². The van der Waals surface area contributed by atoms with Crippen molar-refractivity contribution in [3.05, 3.63) is 48.2 Å². The quantitative estimate of drug-likeness (QED) is 0.892. The van der Waals surface area contributed by atoms with E-state index in [2.05, 4.69) is 4.98 Å². The summed E-state index contributed by atoms with van der Waals surface area (Å²) >= 11 is 0. The van der Waals surface area contributed by atoms with E-state index in [0.717, 1.165) is 5.56 Å². The molecular weight excluding hydrogens is 278 g/mol. The molecule has 2 amide bonds. The number of amides is 2. The summed E-state index contributed by atoms with van der Waals surface area (Å²) in [5.74, 6) is 0. The van der Waals surface area contributed by atoms with Crippen LogP contribution in [0.4, 0.5) is 4.79 Å². The normalized spacial score (nSPS) is 11.1. The van der Waals surface area contributed by atoms with Crippen LogP contribution >= 0.6 is 0 Å². The summed E-state index contributed by atoms with van der Waals surface area (Å²) in [6.07, 6.45) is 1.57. The van der Waals surface area contributed by atoms with Gasteiger partial charge in [-0.2, -0.15) is 0 Å². The van der Waals surface area contributed by atoms with Crippen LogP contribution in [0.3, 0.4) is 0 Å². The standard InChI is InChI=1S/C13H13N3O3S/c1-9-5-6-12(20(18,19)16-13(14)17)10(8-9)11-4-2-3-7-15-11/h2-8H,1H3,(H3,14,16,17). The van der Waals surface area contributed by atoms with Crippen molar-refractivity contribution < 1.29 is 13.2 Å². The Morgan fingerprint density at radius 2 is 2.00 bits per heavy atom. The first-order valence-corrected chi connectivity index (χ1v) is 7.23. The van der Waals surface area contributed by atoms with Gasteiger partial charge in [0.05, 0.1) is 10.6 Å². The van der Waals surface area contributed by atoms with Crippen LogP contribution in [-0.4, -0.2) is 19.4 Å². The van der Waals surface area contributed by atoms with Crippen LogP contribution in [0, 0.1) is 6.92 Å². The van der Waals surface area contributed by atoms with E-state index in [0.29, 0.717) is 11.3 Å². The third kappa shape index (κ3) is 2.94. The van der Waals surface area contributed by atoms with Crippen molar-refractivity contribution in [3.63, 3.8) is 0 Å². The molecule has 0 aliphatic rings. The highest BCUT2D eigenvalue weighted by Gasteiger charge is 2.21. The average Bonchev–Trinajstić information content (AvgIpc) is 2.38. The van der Waals surface area contributed by atoms with Crippen molar-refractivity contribution in [2.45, 2.75) is 11.8 Å².